The molecule has 2 fully saturated rings. The van der Waals surface area contributed by atoms with Crippen molar-refractivity contribution in [3.8, 4) is 0 Å². The molecule has 1 aromatic rings. The molecule has 3 N–H and O–H groups in total. The summed E-state index contributed by atoms with van der Waals surface area (Å²) in [6.07, 6.45) is 3.39. The average Bonchev–Trinajstić information content (AvgIpc) is 3.13. The highest BCUT2D eigenvalue weighted by atomic mass is 19.1. The molecule has 0 aliphatic heterocycles. The van der Waals surface area contributed by atoms with Crippen LogP contribution >= 0.6 is 0 Å². The smallest absolute Gasteiger partial charge is 0.315 e. The van der Waals surface area contributed by atoms with Crippen molar-refractivity contribution in [1.82, 2.24) is 10.6 Å². The normalized spacial score (nSPS) is 28.0. The van der Waals surface area contributed by atoms with Crippen LogP contribution in [0, 0.1) is 23.6 Å². The zero-order valence-electron chi connectivity index (χ0n) is 14.3. The number of hydrogen-bond donors (Lipinski definition) is 3. The first-order chi connectivity index (χ1) is 11.5. The number of rotatable bonds is 5. The third-order valence-electron chi connectivity index (χ3n) is 5.54. The highest BCUT2D eigenvalue weighted by Gasteiger charge is 2.47. The third kappa shape index (κ3) is 3.34. The van der Waals surface area contributed by atoms with Crippen LogP contribution in [0.1, 0.15) is 24.8 Å². The maximum Gasteiger partial charge on any atom is 0.315 e. The van der Waals surface area contributed by atoms with Gasteiger partial charge in [-0.3, -0.25) is 0 Å². The highest BCUT2D eigenvalue weighted by molar-refractivity contribution is 5.74. The van der Waals surface area contributed by atoms with Crippen LogP contribution in [0.2, 0.25) is 0 Å². The molecule has 0 saturated heterocycles. The number of nitrogens with zero attached hydrogens (tertiary/aromatic N) is 1. The lowest BCUT2D eigenvalue weighted by molar-refractivity contribution is 0.144. The van der Waals surface area contributed by atoms with E-state index in [0.717, 1.165) is 24.8 Å². The van der Waals surface area contributed by atoms with Crippen molar-refractivity contribution >= 4 is 11.7 Å². The summed E-state index contributed by atoms with van der Waals surface area (Å²) in [5.74, 6) is 0.896. The SMILES string of the molecule is CN(C)c1ccc(CNC(=O)NC2C3CCC(C3)C2CO)cc1F. The van der Waals surface area contributed by atoms with Crippen molar-refractivity contribution in [3.63, 3.8) is 0 Å². The lowest BCUT2D eigenvalue weighted by Gasteiger charge is -2.30. The van der Waals surface area contributed by atoms with Crippen LogP contribution in [0.15, 0.2) is 18.2 Å². The van der Waals surface area contributed by atoms with E-state index in [0.29, 0.717) is 17.5 Å². The molecular formula is C18H26FN3O2. The minimum absolute atomic E-state index is 0.0570. The Bertz CT molecular complexity index is 608. The summed E-state index contributed by atoms with van der Waals surface area (Å²) in [6, 6.07) is 4.78. The van der Waals surface area contributed by atoms with Gasteiger partial charge in [-0.25, -0.2) is 9.18 Å². The summed E-state index contributed by atoms with van der Waals surface area (Å²) in [5.41, 5.74) is 1.25. The highest BCUT2D eigenvalue weighted by Crippen LogP contribution is 2.48. The minimum atomic E-state index is -0.298. The maximum atomic E-state index is 14.0. The first-order valence-corrected chi connectivity index (χ1v) is 8.60. The predicted octanol–water partition coefficient (Wildman–Crippen LogP) is 2.10. The fourth-order valence-electron chi connectivity index (χ4n) is 4.31. The summed E-state index contributed by atoms with van der Waals surface area (Å²) in [5, 5.41) is 15.4. The molecule has 2 aliphatic rings. The summed E-state index contributed by atoms with van der Waals surface area (Å²) in [4.78, 5) is 13.9. The molecule has 6 heteroatoms. The van der Waals surface area contributed by atoms with Crippen LogP contribution in [-0.4, -0.2) is 37.9 Å². The lowest BCUT2D eigenvalue weighted by atomic mass is 9.85. The molecule has 3 rings (SSSR count). The Morgan fingerprint density at radius 3 is 2.75 bits per heavy atom. The average molecular weight is 335 g/mol. The number of amides is 2. The second-order valence-electron chi connectivity index (χ2n) is 7.21. The van der Waals surface area contributed by atoms with E-state index in [9.17, 15) is 14.3 Å². The van der Waals surface area contributed by atoms with Crippen LogP contribution in [0.3, 0.4) is 0 Å². The zero-order valence-corrected chi connectivity index (χ0v) is 14.3. The molecule has 0 heterocycles. The first kappa shape index (κ1) is 17.0. The summed E-state index contributed by atoms with van der Waals surface area (Å²) >= 11 is 0. The third-order valence-corrected chi connectivity index (χ3v) is 5.54. The fourth-order valence-corrected chi connectivity index (χ4v) is 4.31. The van der Waals surface area contributed by atoms with E-state index >= 15 is 0 Å². The van der Waals surface area contributed by atoms with E-state index < -0.39 is 0 Å². The van der Waals surface area contributed by atoms with Crippen molar-refractivity contribution < 1.29 is 14.3 Å². The first-order valence-electron chi connectivity index (χ1n) is 8.60. The number of carbonyl (C=O) groups excluding carboxylic acids is 1. The molecule has 2 saturated carbocycles. The van der Waals surface area contributed by atoms with E-state index in [2.05, 4.69) is 10.6 Å². The van der Waals surface area contributed by atoms with Gasteiger partial charge < -0.3 is 20.6 Å². The number of fused-ring (bicyclic) bond motifs is 2. The zero-order chi connectivity index (χ0) is 17.3. The molecule has 2 bridgehead atoms. The van der Waals surface area contributed by atoms with E-state index in [1.807, 2.05) is 6.07 Å². The molecule has 4 unspecified atom stereocenters. The number of aliphatic hydroxyl groups excluding tert-OH is 1. The van der Waals surface area contributed by atoms with Crippen LogP contribution in [0.4, 0.5) is 14.9 Å². The Kier molecular flexibility index (Phi) is 4.94. The number of benzene rings is 1. The number of urea groups is 1. The van der Waals surface area contributed by atoms with E-state index in [1.54, 1.807) is 25.1 Å². The molecule has 2 aliphatic carbocycles. The van der Waals surface area contributed by atoms with Crippen LogP contribution < -0.4 is 15.5 Å². The molecule has 132 valence electrons. The van der Waals surface area contributed by atoms with Gasteiger partial charge in [0.15, 0.2) is 0 Å². The lowest BCUT2D eigenvalue weighted by Crippen LogP contribution is -2.48. The summed E-state index contributed by atoms with van der Waals surface area (Å²) in [7, 11) is 3.58. The monoisotopic (exact) mass is 335 g/mol. The van der Waals surface area contributed by atoms with Crippen molar-refractivity contribution in [2.24, 2.45) is 17.8 Å². The van der Waals surface area contributed by atoms with Crippen molar-refractivity contribution in [2.75, 3.05) is 25.6 Å². The number of hydrogen-bond acceptors (Lipinski definition) is 3. The van der Waals surface area contributed by atoms with Gasteiger partial charge >= 0.3 is 6.03 Å². The van der Waals surface area contributed by atoms with Gasteiger partial charge in [-0.15, -0.1) is 0 Å². The Morgan fingerprint density at radius 2 is 2.08 bits per heavy atom. The quantitative estimate of drug-likeness (QED) is 0.772. The van der Waals surface area contributed by atoms with Gasteiger partial charge in [-0.05, 0) is 48.8 Å². The molecule has 1 aromatic carbocycles. The van der Waals surface area contributed by atoms with Crippen molar-refractivity contribution in [1.29, 1.82) is 0 Å². The molecule has 0 radical (unpaired) electrons. The number of halogens is 1. The Balaban J connectivity index is 1.53. The van der Waals surface area contributed by atoms with Crippen LogP contribution in [-0.2, 0) is 6.54 Å². The van der Waals surface area contributed by atoms with Crippen molar-refractivity contribution in [3.05, 3.63) is 29.6 Å². The molecular weight excluding hydrogens is 309 g/mol. The van der Waals surface area contributed by atoms with Crippen LogP contribution in [0.5, 0.6) is 0 Å². The van der Waals surface area contributed by atoms with E-state index in [-0.39, 0.29) is 37.0 Å². The number of carbonyl (C=O) groups is 1. The minimum Gasteiger partial charge on any atom is -0.396 e. The van der Waals surface area contributed by atoms with Gasteiger partial charge in [0.25, 0.3) is 0 Å². The molecule has 0 spiro atoms. The standard InChI is InChI=1S/C18H26FN3O2/c1-22(2)16-6-3-11(7-15(16)19)9-20-18(24)21-17-13-5-4-12(8-13)14(17)10-23/h3,6-7,12-14,17,23H,4-5,8-10H2,1-2H3,(H2,20,21,24). The van der Waals surface area contributed by atoms with Gasteiger partial charge in [0, 0.05) is 39.2 Å². The van der Waals surface area contributed by atoms with Gasteiger partial charge in [0.1, 0.15) is 5.82 Å². The van der Waals surface area contributed by atoms with Gasteiger partial charge in [0.05, 0.1) is 5.69 Å². The Hall–Kier alpha value is -1.82. The number of anilines is 1. The summed E-state index contributed by atoms with van der Waals surface area (Å²) < 4.78 is 14.0. The second kappa shape index (κ2) is 6.97. The predicted molar refractivity (Wildman–Crippen MR) is 91.3 cm³/mol. The Morgan fingerprint density at radius 1 is 1.33 bits per heavy atom. The molecule has 5 nitrogen and oxygen atoms in total. The largest absolute Gasteiger partial charge is 0.396 e. The van der Waals surface area contributed by atoms with Crippen molar-refractivity contribution in [2.45, 2.75) is 31.8 Å². The van der Waals surface area contributed by atoms with E-state index in [1.165, 1.54) is 6.07 Å². The summed E-state index contributed by atoms with van der Waals surface area (Å²) in [6.45, 7) is 0.407. The van der Waals surface area contributed by atoms with E-state index in [4.69, 9.17) is 0 Å². The topological polar surface area (TPSA) is 64.6 Å². The Labute approximate surface area is 142 Å². The van der Waals surface area contributed by atoms with Gasteiger partial charge in [-0.1, -0.05) is 6.07 Å². The fraction of sp³-hybridized carbons (Fsp3) is 0.611. The number of aliphatic hydroxyl groups is 1. The molecule has 4 atom stereocenters. The maximum absolute atomic E-state index is 14.0. The second-order valence-corrected chi connectivity index (χ2v) is 7.21. The van der Waals surface area contributed by atoms with Crippen LogP contribution in [0.25, 0.3) is 0 Å². The van der Waals surface area contributed by atoms with Gasteiger partial charge in [0.2, 0.25) is 0 Å². The van der Waals surface area contributed by atoms with Gasteiger partial charge in [-0.2, -0.15) is 0 Å². The molecule has 0 aromatic heterocycles. The number of nitrogens with one attached hydrogen (secondary N) is 2. The molecule has 24 heavy (non-hydrogen) atoms. The molecule has 2 amide bonds.